The first-order valence-corrected chi connectivity index (χ1v) is 7.51. The summed E-state index contributed by atoms with van der Waals surface area (Å²) in [6, 6.07) is 13.9. The van der Waals surface area contributed by atoms with Crippen LogP contribution in [0.1, 0.15) is 22.7 Å². The number of aromatic hydroxyl groups is 1. The number of rotatable bonds is 3. The average Bonchev–Trinajstić information content (AvgIpc) is 2.55. The Morgan fingerprint density at radius 1 is 1.18 bits per heavy atom. The first-order chi connectivity index (χ1) is 10.7. The molecule has 2 aromatic rings. The molecule has 1 heterocycles. The van der Waals surface area contributed by atoms with Gasteiger partial charge in [0.2, 0.25) is 0 Å². The number of nitrogens with zero attached hydrogens (tertiary/aromatic N) is 1. The van der Waals surface area contributed by atoms with Crippen molar-refractivity contribution in [1.82, 2.24) is 4.90 Å². The van der Waals surface area contributed by atoms with Gasteiger partial charge < -0.3 is 9.84 Å². The quantitative estimate of drug-likeness (QED) is 0.938. The summed E-state index contributed by atoms with van der Waals surface area (Å²) in [6.07, 6.45) is 5.38. The van der Waals surface area contributed by atoms with Gasteiger partial charge in [-0.25, -0.2) is 0 Å². The molecule has 0 saturated carbocycles. The molecule has 0 saturated heterocycles. The number of hydrogen-bond donors (Lipinski definition) is 1. The Labute approximate surface area is 131 Å². The third-order valence-electron chi connectivity index (χ3n) is 4.24. The highest BCUT2D eigenvalue weighted by Gasteiger charge is 2.22. The summed E-state index contributed by atoms with van der Waals surface area (Å²) in [5.74, 6) is 1.22. The summed E-state index contributed by atoms with van der Waals surface area (Å²) in [5.41, 5.74) is 3.79. The zero-order valence-corrected chi connectivity index (χ0v) is 13.0. The minimum Gasteiger partial charge on any atom is -0.508 e. The number of fused-ring (bicyclic) bond motifs is 1. The lowest BCUT2D eigenvalue weighted by Gasteiger charge is -2.33. The van der Waals surface area contributed by atoms with Crippen molar-refractivity contribution in [3.05, 3.63) is 65.2 Å². The Kier molecular flexibility index (Phi) is 4.16. The van der Waals surface area contributed by atoms with Gasteiger partial charge in [-0.3, -0.25) is 4.90 Å². The van der Waals surface area contributed by atoms with Crippen molar-refractivity contribution in [2.45, 2.75) is 12.5 Å². The molecule has 1 atom stereocenters. The van der Waals surface area contributed by atoms with E-state index in [1.807, 2.05) is 18.2 Å². The highest BCUT2D eigenvalue weighted by Crippen LogP contribution is 2.32. The molecule has 2 aromatic carbocycles. The highest BCUT2D eigenvalue weighted by atomic mass is 16.5. The van der Waals surface area contributed by atoms with Gasteiger partial charge in [-0.15, -0.1) is 0 Å². The first kappa shape index (κ1) is 14.7. The standard InChI is InChI=1S/C19H21NO2/c1-20-12-11-15-13-17(22-2)8-9-18(15)19(20)10-5-14-3-6-16(21)7-4-14/h3-10,13,19,21H,11-12H2,1-2H3/b10-5+. The molecule has 0 aromatic heterocycles. The van der Waals surface area contributed by atoms with Crippen molar-refractivity contribution in [1.29, 1.82) is 0 Å². The summed E-state index contributed by atoms with van der Waals surface area (Å²) >= 11 is 0. The number of hydrogen-bond acceptors (Lipinski definition) is 3. The summed E-state index contributed by atoms with van der Waals surface area (Å²) < 4.78 is 5.33. The van der Waals surface area contributed by atoms with Gasteiger partial charge in [0.1, 0.15) is 11.5 Å². The van der Waals surface area contributed by atoms with Crippen LogP contribution in [0.5, 0.6) is 11.5 Å². The van der Waals surface area contributed by atoms with Crippen LogP contribution in [0.15, 0.2) is 48.5 Å². The minimum atomic E-state index is 0.267. The van der Waals surface area contributed by atoms with Crippen molar-refractivity contribution < 1.29 is 9.84 Å². The first-order valence-electron chi connectivity index (χ1n) is 7.51. The predicted octanol–water partition coefficient (Wildman–Crippen LogP) is 3.64. The SMILES string of the molecule is COc1ccc2c(c1)CCN(C)C2/C=C/c1ccc(O)cc1. The lowest BCUT2D eigenvalue weighted by Crippen LogP contribution is -2.31. The number of phenols is 1. The Bertz CT molecular complexity index is 676. The van der Waals surface area contributed by atoms with Crippen molar-refractivity contribution in [3.8, 4) is 11.5 Å². The van der Waals surface area contributed by atoms with Gasteiger partial charge in [0.05, 0.1) is 13.2 Å². The number of phenolic OH excluding ortho intramolecular Hbond substituents is 1. The monoisotopic (exact) mass is 295 g/mol. The fourth-order valence-corrected chi connectivity index (χ4v) is 2.93. The van der Waals surface area contributed by atoms with E-state index < -0.39 is 0 Å². The van der Waals surface area contributed by atoms with Crippen molar-refractivity contribution in [2.24, 2.45) is 0 Å². The van der Waals surface area contributed by atoms with Gasteiger partial charge >= 0.3 is 0 Å². The van der Waals surface area contributed by atoms with Crippen LogP contribution in [0.4, 0.5) is 0 Å². The molecule has 114 valence electrons. The summed E-state index contributed by atoms with van der Waals surface area (Å²) in [5, 5.41) is 9.35. The van der Waals surface area contributed by atoms with Crippen LogP contribution in [-0.2, 0) is 6.42 Å². The molecular formula is C19H21NO2. The van der Waals surface area contributed by atoms with Crippen LogP contribution in [-0.4, -0.2) is 30.7 Å². The third-order valence-corrected chi connectivity index (χ3v) is 4.24. The fraction of sp³-hybridized carbons (Fsp3) is 0.263. The number of ether oxygens (including phenoxy) is 1. The number of likely N-dealkylation sites (N-methyl/N-ethyl adjacent to an activating group) is 1. The maximum atomic E-state index is 9.35. The lowest BCUT2D eigenvalue weighted by molar-refractivity contribution is 0.271. The van der Waals surface area contributed by atoms with E-state index in [0.29, 0.717) is 5.75 Å². The molecule has 3 heteroatoms. The Morgan fingerprint density at radius 2 is 1.95 bits per heavy atom. The summed E-state index contributed by atoms with van der Waals surface area (Å²) in [4.78, 5) is 2.35. The van der Waals surface area contributed by atoms with Crippen LogP contribution in [0.25, 0.3) is 6.08 Å². The maximum Gasteiger partial charge on any atom is 0.119 e. The van der Waals surface area contributed by atoms with Gasteiger partial charge in [-0.2, -0.15) is 0 Å². The molecule has 1 aliphatic rings. The van der Waals surface area contributed by atoms with Gasteiger partial charge in [-0.1, -0.05) is 30.4 Å². The maximum absolute atomic E-state index is 9.35. The molecule has 3 rings (SSSR count). The topological polar surface area (TPSA) is 32.7 Å². The van der Waals surface area contributed by atoms with Crippen molar-refractivity contribution in [3.63, 3.8) is 0 Å². The minimum absolute atomic E-state index is 0.267. The fourth-order valence-electron chi connectivity index (χ4n) is 2.93. The Morgan fingerprint density at radius 3 is 2.68 bits per heavy atom. The van der Waals surface area contributed by atoms with Crippen LogP contribution in [0.2, 0.25) is 0 Å². The molecule has 1 N–H and O–H groups in total. The van der Waals surface area contributed by atoms with E-state index >= 15 is 0 Å². The molecule has 0 radical (unpaired) electrons. The van der Waals surface area contributed by atoms with E-state index in [9.17, 15) is 5.11 Å². The van der Waals surface area contributed by atoms with Gasteiger partial charge in [0, 0.05) is 6.54 Å². The van der Waals surface area contributed by atoms with E-state index in [1.54, 1.807) is 19.2 Å². The van der Waals surface area contributed by atoms with Gasteiger partial charge in [0.25, 0.3) is 0 Å². The second-order valence-electron chi connectivity index (χ2n) is 5.69. The van der Waals surface area contributed by atoms with E-state index in [0.717, 1.165) is 24.3 Å². The van der Waals surface area contributed by atoms with Crippen LogP contribution >= 0.6 is 0 Å². The van der Waals surface area contributed by atoms with Crippen molar-refractivity contribution in [2.75, 3.05) is 20.7 Å². The number of benzene rings is 2. The van der Waals surface area contributed by atoms with Crippen LogP contribution in [0.3, 0.4) is 0 Å². The molecule has 0 aliphatic carbocycles. The molecular weight excluding hydrogens is 274 g/mol. The van der Waals surface area contributed by atoms with E-state index in [4.69, 9.17) is 4.74 Å². The van der Waals surface area contributed by atoms with E-state index in [1.165, 1.54) is 11.1 Å². The van der Waals surface area contributed by atoms with E-state index in [2.05, 4.69) is 36.2 Å². The van der Waals surface area contributed by atoms with E-state index in [-0.39, 0.29) is 6.04 Å². The Hall–Kier alpha value is -2.26. The van der Waals surface area contributed by atoms with Crippen LogP contribution in [0, 0.1) is 0 Å². The lowest BCUT2D eigenvalue weighted by atomic mass is 9.92. The highest BCUT2D eigenvalue weighted by molar-refractivity contribution is 5.53. The molecule has 22 heavy (non-hydrogen) atoms. The summed E-state index contributed by atoms with van der Waals surface area (Å²) in [6.45, 7) is 1.03. The molecule has 0 fully saturated rings. The number of methoxy groups -OCH3 is 1. The predicted molar refractivity (Wildman–Crippen MR) is 89.2 cm³/mol. The average molecular weight is 295 g/mol. The molecule has 0 spiro atoms. The zero-order chi connectivity index (χ0) is 15.5. The molecule has 0 bridgehead atoms. The second kappa shape index (κ2) is 6.24. The molecule has 0 amide bonds. The second-order valence-corrected chi connectivity index (χ2v) is 5.69. The molecule has 3 nitrogen and oxygen atoms in total. The van der Waals surface area contributed by atoms with Crippen LogP contribution < -0.4 is 4.74 Å². The smallest absolute Gasteiger partial charge is 0.119 e. The summed E-state index contributed by atoms with van der Waals surface area (Å²) in [7, 11) is 3.86. The van der Waals surface area contributed by atoms with Crippen molar-refractivity contribution >= 4 is 6.08 Å². The van der Waals surface area contributed by atoms with Gasteiger partial charge in [-0.05, 0) is 54.4 Å². The zero-order valence-electron chi connectivity index (χ0n) is 13.0. The Balaban J connectivity index is 1.88. The van der Waals surface area contributed by atoms with Gasteiger partial charge in [0.15, 0.2) is 0 Å². The third kappa shape index (κ3) is 3.00. The largest absolute Gasteiger partial charge is 0.508 e. The molecule has 1 aliphatic heterocycles. The molecule has 1 unspecified atom stereocenters. The normalized spacial score (nSPS) is 18.4.